The molecule has 1 atom stereocenters. The highest BCUT2D eigenvalue weighted by Gasteiger charge is 2.34. The highest BCUT2D eigenvalue weighted by atomic mass is 32.2. The minimum absolute atomic E-state index is 0.204. The molecule has 184 valence electrons. The van der Waals surface area contributed by atoms with Gasteiger partial charge in [0.2, 0.25) is 11.8 Å². The van der Waals surface area contributed by atoms with Crippen LogP contribution >= 0.6 is 0 Å². The van der Waals surface area contributed by atoms with Gasteiger partial charge in [-0.05, 0) is 50.1 Å². The molecule has 0 heterocycles. The third-order valence-corrected chi connectivity index (χ3v) is 6.37. The van der Waals surface area contributed by atoms with Crippen LogP contribution in [0.3, 0.4) is 0 Å². The number of nitro groups is 1. The molecule has 0 saturated heterocycles. The highest BCUT2D eigenvalue weighted by Crippen LogP contribution is 2.29. The molecule has 2 rings (SSSR count). The van der Waals surface area contributed by atoms with Crippen LogP contribution in [-0.2, 0) is 32.2 Å². The van der Waals surface area contributed by atoms with Gasteiger partial charge >= 0.3 is 6.18 Å². The largest absolute Gasteiger partial charge is 0.416 e. The minimum Gasteiger partial charge on any atom is -0.343 e. The molecule has 0 aliphatic heterocycles. The Hall–Kier alpha value is -3.48. The van der Waals surface area contributed by atoms with Crippen molar-refractivity contribution in [2.75, 3.05) is 13.1 Å². The summed E-state index contributed by atoms with van der Waals surface area (Å²) >= 11 is 0. The number of halogens is 3. The van der Waals surface area contributed by atoms with Crippen molar-refractivity contribution in [1.29, 1.82) is 0 Å². The van der Waals surface area contributed by atoms with E-state index in [4.69, 9.17) is 0 Å². The Bertz CT molecular complexity index is 1150. The lowest BCUT2D eigenvalue weighted by Gasteiger charge is -2.24. The second-order valence-electron chi connectivity index (χ2n) is 7.18. The average molecular weight is 501 g/mol. The van der Waals surface area contributed by atoms with E-state index < -0.39 is 49.3 Å². The maximum atomic E-state index is 12.9. The fraction of sp³-hybridized carbons (Fsp3) is 0.333. The number of alkyl halides is 3. The molecule has 0 radical (unpaired) electrons. The van der Waals surface area contributed by atoms with Crippen molar-refractivity contribution in [3.8, 4) is 0 Å². The predicted molar refractivity (Wildman–Crippen MR) is 115 cm³/mol. The Morgan fingerprint density at radius 2 is 1.56 bits per heavy atom. The lowest BCUT2D eigenvalue weighted by Crippen LogP contribution is -2.46. The Morgan fingerprint density at radius 3 is 2.00 bits per heavy atom. The van der Waals surface area contributed by atoms with Gasteiger partial charge < -0.3 is 4.90 Å². The summed E-state index contributed by atoms with van der Waals surface area (Å²) in [5.74, 6) is -3.33. The quantitative estimate of drug-likeness (QED) is 0.320. The third kappa shape index (κ3) is 6.53. The summed E-state index contributed by atoms with van der Waals surface area (Å²) in [4.78, 5) is 36.8. The van der Waals surface area contributed by atoms with Crippen molar-refractivity contribution >= 4 is 27.5 Å². The van der Waals surface area contributed by atoms with Crippen molar-refractivity contribution in [3.05, 3.63) is 69.8 Å². The van der Waals surface area contributed by atoms with Crippen LogP contribution in [0.4, 0.5) is 18.9 Å². The summed E-state index contributed by atoms with van der Waals surface area (Å²) in [6.07, 6.45) is -4.92. The zero-order valence-corrected chi connectivity index (χ0v) is 19.0. The normalized spacial score (nSPS) is 12.6. The van der Waals surface area contributed by atoms with Gasteiger partial charge in [0.15, 0.2) is 0 Å². The second-order valence-corrected chi connectivity index (χ2v) is 8.87. The van der Waals surface area contributed by atoms with Gasteiger partial charge in [0, 0.05) is 25.2 Å². The molecule has 0 aromatic heterocycles. The van der Waals surface area contributed by atoms with Crippen molar-refractivity contribution in [1.82, 2.24) is 9.62 Å². The minimum atomic E-state index is -4.67. The highest BCUT2D eigenvalue weighted by molar-refractivity contribution is 7.90. The van der Waals surface area contributed by atoms with Crippen LogP contribution < -0.4 is 4.72 Å². The van der Waals surface area contributed by atoms with Crippen LogP contribution in [0.5, 0.6) is 0 Å². The van der Waals surface area contributed by atoms with Gasteiger partial charge in [0.05, 0.1) is 15.4 Å². The maximum absolute atomic E-state index is 12.9. The van der Waals surface area contributed by atoms with Crippen LogP contribution in [0.25, 0.3) is 0 Å². The zero-order valence-electron chi connectivity index (χ0n) is 18.2. The Balaban J connectivity index is 2.32. The van der Waals surface area contributed by atoms with Gasteiger partial charge in [-0.3, -0.25) is 19.7 Å². The zero-order chi connectivity index (χ0) is 25.7. The second kappa shape index (κ2) is 10.6. The third-order valence-electron chi connectivity index (χ3n) is 5.00. The fourth-order valence-corrected chi connectivity index (χ4v) is 4.14. The number of carbonyl (C=O) groups excluding carboxylic acids is 2. The van der Waals surface area contributed by atoms with E-state index in [9.17, 15) is 41.3 Å². The molecule has 0 spiro atoms. The molecular formula is C21H22F3N3O6S. The van der Waals surface area contributed by atoms with E-state index >= 15 is 0 Å². The smallest absolute Gasteiger partial charge is 0.343 e. The molecule has 34 heavy (non-hydrogen) atoms. The molecule has 1 unspecified atom stereocenters. The number of benzene rings is 2. The van der Waals surface area contributed by atoms with Crippen molar-refractivity contribution in [2.24, 2.45) is 5.92 Å². The maximum Gasteiger partial charge on any atom is 0.416 e. The lowest BCUT2D eigenvalue weighted by molar-refractivity contribution is -0.384. The summed E-state index contributed by atoms with van der Waals surface area (Å²) in [5.41, 5.74) is -0.895. The monoisotopic (exact) mass is 501 g/mol. The first kappa shape index (κ1) is 26.8. The number of nitrogens with one attached hydrogen (secondary N) is 1. The van der Waals surface area contributed by atoms with Gasteiger partial charge in [-0.15, -0.1) is 0 Å². The molecule has 1 N–H and O–H groups in total. The molecule has 0 aliphatic carbocycles. The molecule has 2 aromatic carbocycles. The van der Waals surface area contributed by atoms with Crippen LogP contribution in [0.1, 0.15) is 25.0 Å². The molecule has 13 heteroatoms. The van der Waals surface area contributed by atoms with Crippen molar-refractivity contribution < 1.29 is 36.1 Å². The molecule has 0 saturated carbocycles. The van der Waals surface area contributed by atoms with Gasteiger partial charge in [-0.1, -0.05) is 12.1 Å². The van der Waals surface area contributed by atoms with E-state index in [0.717, 1.165) is 0 Å². The number of amides is 2. The van der Waals surface area contributed by atoms with Crippen LogP contribution in [0.15, 0.2) is 53.4 Å². The number of hydrogen-bond donors (Lipinski definition) is 1. The molecule has 0 aliphatic rings. The van der Waals surface area contributed by atoms with Gasteiger partial charge in [0.1, 0.15) is 5.92 Å². The number of nitro benzene ring substituents is 1. The standard InChI is InChI=1S/C21H22F3N3O6S/c1-3-26(4-2)20(29)18(13-14-5-9-16(10-6-14)27(30)31)19(28)25-34(32,33)17-11-7-15(8-12-17)21(22,23)24/h5-12,18H,3-4,13H2,1-2H3,(H,25,28). The molecule has 9 nitrogen and oxygen atoms in total. The average Bonchev–Trinajstić information content (AvgIpc) is 2.77. The van der Waals surface area contributed by atoms with Crippen LogP contribution in [-0.4, -0.2) is 43.1 Å². The number of nitrogens with zero attached hydrogens (tertiary/aromatic N) is 2. The number of sulfonamides is 1. The predicted octanol–water partition coefficient (Wildman–Crippen LogP) is 3.15. The number of rotatable bonds is 9. The van der Waals surface area contributed by atoms with Gasteiger partial charge in [-0.2, -0.15) is 13.2 Å². The van der Waals surface area contributed by atoms with Crippen LogP contribution in [0, 0.1) is 16.0 Å². The first-order valence-corrected chi connectivity index (χ1v) is 11.5. The Labute approximate surface area is 193 Å². The SMILES string of the molecule is CCN(CC)C(=O)C(Cc1ccc([N+](=O)[O-])cc1)C(=O)NS(=O)(=O)c1ccc(C(F)(F)F)cc1. The van der Waals surface area contributed by atoms with Crippen molar-refractivity contribution in [2.45, 2.75) is 31.3 Å². The van der Waals surface area contributed by atoms with E-state index in [2.05, 4.69) is 0 Å². The topological polar surface area (TPSA) is 127 Å². The van der Waals surface area contributed by atoms with E-state index in [-0.39, 0.29) is 25.2 Å². The lowest BCUT2D eigenvalue weighted by atomic mass is 9.97. The molecule has 0 bridgehead atoms. The van der Waals surface area contributed by atoms with Gasteiger partial charge in [-0.25, -0.2) is 13.1 Å². The summed E-state index contributed by atoms with van der Waals surface area (Å²) < 4.78 is 65.2. The summed E-state index contributed by atoms with van der Waals surface area (Å²) in [6.45, 7) is 3.82. The van der Waals surface area contributed by atoms with Crippen molar-refractivity contribution in [3.63, 3.8) is 0 Å². The Kier molecular flexibility index (Phi) is 8.37. The summed E-state index contributed by atoms with van der Waals surface area (Å²) in [7, 11) is -4.58. The van der Waals surface area contributed by atoms with E-state index in [0.29, 0.717) is 29.8 Å². The number of non-ortho nitro benzene ring substituents is 1. The molecule has 0 fully saturated rings. The van der Waals surface area contributed by atoms with Crippen LogP contribution in [0.2, 0.25) is 0 Å². The summed E-state index contributed by atoms with van der Waals surface area (Å²) in [5, 5.41) is 10.8. The first-order valence-electron chi connectivity index (χ1n) is 10.1. The van der Waals surface area contributed by atoms with E-state index in [1.165, 1.54) is 29.2 Å². The molecular weight excluding hydrogens is 479 g/mol. The van der Waals surface area contributed by atoms with E-state index in [1.807, 2.05) is 0 Å². The fourth-order valence-electron chi connectivity index (χ4n) is 3.12. The summed E-state index contributed by atoms with van der Waals surface area (Å²) in [6, 6.07) is 7.60. The van der Waals surface area contributed by atoms with Gasteiger partial charge in [0.25, 0.3) is 15.7 Å². The molecule has 2 aromatic rings. The first-order chi connectivity index (χ1) is 15.8. The number of carbonyl (C=O) groups is 2. The number of hydrogen-bond acceptors (Lipinski definition) is 6. The van der Waals surface area contributed by atoms with E-state index in [1.54, 1.807) is 18.6 Å². The molecule has 2 amide bonds. The Morgan fingerprint density at radius 1 is 1.03 bits per heavy atom.